The Bertz CT molecular complexity index is 626. The van der Waals surface area contributed by atoms with E-state index in [4.69, 9.17) is 9.84 Å². The highest BCUT2D eigenvalue weighted by Crippen LogP contribution is 2.19. The summed E-state index contributed by atoms with van der Waals surface area (Å²) in [6.07, 6.45) is 4.42. The Hall–Kier alpha value is -2.64. The number of nitrogens with zero attached hydrogens (tertiary/aromatic N) is 4. The number of hydrogen-bond donors (Lipinski definition) is 2. The molecule has 0 saturated heterocycles. The van der Waals surface area contributed by atoms with Crippen LogP contribution in [-0.4, -0.2) is 43.7 Å². The molecule has 0 aliphatic heterocycles. The summed E-state index contributed by atoms with van der Waals surface area (Å²) in [4.78, 5) is 22.7. The van der Waals surface area contributed by atoms with E-state index in [0.29, 0.717) is 31.4 Å². The topological polar surface area (TPSA) is 102 Å². The molecule has 0 radical (unpaired) electrons. The predicted molar refractivity (Wildman–Crippen MR) is 75.6 cm³/mol. The number of carboxylic acids is 1. The van der Waals surface area contributed by atoms with Crippen LogP contribution in [0.15, 0.2) is 18.9 Å². The van der Waals surface area contributed by atoms with E-state index in [1.54, 1.807) is 4.57 Å². The standard InChI is InChI=1S/C13H17N5O3/c1-3-21-12-9(2)11(15-7-16-12)14-4-5-18-6-10(13(19)20)17-8-18/h6-8H,3-5H2,1-2H3,(H,19,20)(H,14,15,16). The SMILES string of the molecule is CCOc1ncnc(NCCn2cnc(C(=O)O)c2)c1C. The third-order valence-electron chi connectivity index (χ3n) is 2.83. The van der Waals surface area contributed by atoms with Gasteiger partial charge in [0.2, 0.25) is 5.88 Å². The summed E-state index contributed by atoms with van der Waals surface area (Å²) in [5.74, 6) is 0.229. The van der Waals surface area contributed by atoms with Crippen molar-refractivity contribution in [1.29, 1.82) is 0 Å². The van der Waals surface area contributed by atoms with E-state index in [9.17, 15) is 4.79 Å². The van der Waals surface area contributed by atoms with Gasteiger partial charge in [0.15, 0.2) is 5.69 Å². The third kappa shape index (κ3) is 3.68. The Kier molecular flexibility index (Phi) is 4.70. The van der Waals surface area contributed by atoms with Gasteiger partial charge < -0.3 is 19.7 Å². The highest BCUT2D eigenvalue weighted by molar-refractivity contribution is 5.84. The minimum absolute atomic E-state index is 0.0341. The molecule has 0 bridgehead atoms. The summed E-state index contributed by atoms with van der Waals surface area (Å²) in [7, 11) is 0. The maximum Gasteiger partial charge on any atom is 0.356 e. The highest BCUT2D eigenvalue weighted by Gasteiger charge is 2.08. The van der Waals surface area contributed by atoms with Crippen LogP contribution in [0.3, 0.4) is 0 Å². The van der Waals surface area contributed by atoms with Gasteiger partial charge in [-0.2, -0.15) is 0 Å². The lowest BCUT2D eigenvalue weighted by molar-refractivity contribution is 0.0691. The van der Waals surface area contributed by atoms with Gasteiger partial charge in [0.05, 0.1) is 18.5 Å². The molecule has 2 heterocycles. The minimum atomic E-state index is -1.03. The molecule has 0 atom stereocenters. The Morgan fingerprint density at radius 2 is 2.24 bits per heavy atom. The third-order valence-corrected chi connectivity index (χ3v) is 2.83. The zero-order chi connectivity index (χ0) is 15.2. The van der Waals surface area contributed by atoms with Crippen LogP contribution in [0.2, 0.25) is 0 Å². The van der Waals surface area contributed by atoms with Crippen LogP contribution in [0.4, 0.5) is 5.82 Å². The normalized spacial score (nSPS) is 10.4. The zero-order valence-corrected chi connectivity index (χ0v) is 11.9. The summed E-state index contributed by atoms with van der Waals surface area (Å²) < 4.78 is 7.10. The van der Waals surface area contributed by atoms with Crippen LogP contribution in [0.5, 0.6) is 5.88 Å². The first-order valence-electron chi connectivity index (χ1n) is 6.55. The van der Waals surface area contributed by atoms with Crippen LogP contribution in [0.1, 0.15) is 23.0 Å². The van der Waals surface area contributed by atoms with E-state index in [1.165, 1.54) is 18.9 Å². The first kappa shape index (κ1) is 14.8. The molecule has 0 saturated carbocycles. The second-order valence-corrected chi connectivity index (χ2v) is 4.31. The van der Waals surface area contributed by atoms with Gasteiger partial charge in [-0.3, -0.25) is 0 Å². The molecule has 2 aromatic heterocycles. The number of ether oxygens (including phenoxy) is 1. The molecule has 0 spiro atoms. The molecule has 0 amide bonds. The van der Waals surface area contributed by atoms with Gasteiger partial charge in [-0.15, -0.1) is 0 Å². The van der Waals surface area contributed by atoms with Crippen molar-refractivity contribution in [3.8, 4) is 5.88 Å². The number of imidazole rings is 1. The van der Waals surface area contributed by atoms with Gasteiger partial charge in [0.1, 0.15) is 12.1 Å². The molecule has 8 nitrogen and oxygen atoms in total. The van der Waals surface area contributed by atoms with Crippen molar-refractivity contribution in [2.24, 2.45) is 0 Å². The maximum absolute atomic E-state index is 10.7. The highest BCUT2D eigenvalue weighted by atomic mass is 16.5. The molecule has 0 fully saturated rings. The largest absolute Gasteiger partial charge is 0.478 e. The number of aromatic nitrogens is 4. The molecule has 0 aliphatic carbocycles. The Morgan fingerprint density at radius 3 is 2.90 bits per heavy atom. The van der Waals surface area contributed by atoms with E-state index in [-0.39, 0.29) is 5.69 Å². The maximum atomic E-state index is 10.7. The van der Waals surface area contributed by atoms with E-state index in [2.05, 4.69) is 20.3 Å². The average Bonchev–Trinajstić information content (AvgIpc) is 2.92. The summed E-state index contributed by atoms with van der Waals surface area (Å²) >= 11 is 0. The summed E-state index contributed by atoms with van der Waals surface area (Å²) in [6.45, 7) is 5.48. The molecular formula is C13H17N5O3. The number of hydrogen-bond acceptors (Lipinski definition) is 6. The van der Waals surface area contributed by atoms with E-state index in [1.807, 2.05) is 13.8 Å². The van der Waals surface area contributed by atoms with Crippen LogP contribution in [-0.2, 0) is 6.54 Å². The van der Waals surface area contributed by atoms with Crippen LogP contribution < -0.4 is 10.1 Å². The monoisotopic (exact) mass is 291 g/mol. The molecule has 21 heavy (non-hydrogen) atoms. The Morgan fingerprint density at radius 1 is 1.43 bits per heavy atom. The summed E-state index contributed by atoms with van der Waals surface area (Å²) in [6, 6.07) is 0. The fourth-order valence-corrected chi connectivity index (χ4v) is 1.79. The number of carboxylic acid groups (broad SMARTS) is 1. The first-order valence-corrected chi connectivity index (χ1v) is 6.55. The van der Waals surface area contributed by atoms with Crippen LogP contribution in [0, 0.1) is 6.92 Å². The Labute approximate surface area is 121 Å². The number of anilines is 1. The molecule has 112 valence electrons. The zero-order valence-electron chi connectivity index (χ0n) is 11.9. The van der Waals surface area contributed by atoms with Crippen LogP contribution in [0.25, 0.3) is 0 Å². The lowest BCUT2D eigenvalue weighted by Crippen LogP contribution is -2.12. The van der Waals surface area contributed by atoms with E-state index in [0.717, 1.165) is 5.56 Å². The predicted octanol–water partition coefficient (Wildman–Crippen LogP) is 1.19. The van der Waals surface area contributed by atoms with Crippen molar-refractivity contribution in [2.45, 2.75) is 20.4 Å². The molecule has 2 aromatic rings. The molecule has 0 aromatic carbocycles. The molecule has 2 N–H and O–H groups in total. The number of nitrogens with one attached hydrogen (secondary N) is 1. The van der Waals surface area contributed by atoms with Crippen LogP contribution >= 0.6 is 0 Å². The van der Waals surface area contributed by atoms with Crippen molar-refractivity contribution < 1.29 is 14.6 Å². The van der Waals surface area contributed by atoms with Crippen molar-refractivity contribution in [3.05, 3.63) is 30.1 Å². The average molecular weight is 291 g/mol. The van der Waals surface area contributed by atoms with Gasteiger partial charge in [-0.05, 0) is 13.8 Å². The molecule has 8 heteroatoms. The minimum Gasteiger partial charge on any atom is -0.478 e. The molecule has 0 aliphatic rings. The second kappa shape index (κ2) is 6.69. The quantitative estimate of drug-likeness (QED) is 0.789. The van der Waals surface area contributed by atoms with Crippen molar-refractivity contribution in [1.82, 2.24) is 19.5 Å². The molecular weight excluding hydrogens is 274 g/mol. The fraction of sp³-hybridized carbons (Fsp3) is 0.385. The molecule has 0 unspecified atom stereocenters. The van der Waals surface area contributed by atoms with Gasteiger partial charge >= 0.3 is 5.97 Å². The van der Waals surface area contributed by atoms with Crippen molar-refractivity contribution in [3.63, 3.8) is 0 Å². The summed E-state index contributed by atoms with van der Waals surface area (Å²) in [5, 5.41) is 12.0. The fourth-order valence-electron chi connectivity index (χ4n) is 1.79. The number of carbonyl (C=O) groups is 1. The number of rotatable bonds is 7. The lowest BCUT2D eigenvalue weighted by atomic mass is 10.3. The molecule has 2 rings (SSSR count). The van der Waals surface area contributed by atoms with Gasteiger partial charge in [-0.1, -0.05) is 0 Å². The second-order valence-electron chi connectivity index (χ2n) is 4.31. The first-order chi connectivity index (χ1) is 10.1. The van der Waals surface area contributed by atoms with Crippen molar-refractivity contribution in [2.75, 3.05) is 18.5 Å². The van der Waals surface area contributed by atoms with E-state index < -0.39 is 5.97 Å². The Balaban J connectivity index is 1.93. The number of aromatic carboxylic acids is 1. The van der Waals surface area contributed by atoms with Gasteiger partial charge in [0, 0.05) is 19.3 Å². The van der Waals surface area contributed by atoms with Crippen molar-refractivity contribution >= 4 is 11.8 Å². The lowest BCUT2D eigenvalue weighted by Gasteiger charge is -2.11. The smallest absolute Gasteiger partial charge is 0.356 e. The van der Waals surface area contributed by atoms with Gasteiger partial charge in [-0.25, -0.2) is 19.7 Å². The van der Waals surface area contributed by atoms with E-state index >= 15 is 0 Å². The summed E-state index contributed by atoms with van der Waals surface area (Å²) in [5.41, 5.74) is 0.878. The van der Waals surface area contributed by atoms with Gasteiger partial charge in [0.25, 0.3) is 0 Å².